The molecule has 2 N–H and O–H groups in total. The third-order valence-electron chi connectivity index (χ3n) is 2.97. The maximum Gasteiger partial charge on any atom is 0.280 e. The molecule has 7 nitrogen and oxygen atoms in total. The molecule has 1 aromatic heterocycles. The van der Waals surface area contributed by atoms with Gasteiger partial charge in [-0.15, -0.1) is 11.3 Å². The zero-order valence-electron chi connectivity index (χ0n) is 12.7. The van der Waals surface area contributed by atoms with Crippen molar-refractivity contribution in [3.05, 3.63) is 56.3 Å². The van der Waals surface area contributed by atoms with Crippen LogP contribution in [0, 0.1) is 17.0 Å². The van der Waals surface area contributed by atoms with E-state index in [1.54, 1.807) is 6.92 Å². The van der Waals surface area contributed by atoms with E-state index in [4.69, 9.17) is 0 Å². The average molecular weight is 332 g/mol. The number of hydrogen-bond donors (Lipinski definition) is 2. The zero-order chi connectivity index (χ0) is 16.8. The Morgan fingerprint density at radius 1 is 1.39 bits per heavy atom. The molecular formula is C15H16N4O3S. The Hall–Kier alpha value is -2.74. The van der Waals surface area contributed by atoms with Crippen molar-refractivity contribution in [2.75, 3.05) is 11.9 Å². The number of benzene rings is 1. The highest BCUT2D eigenvalue weighted by atomic mass is 32.1. The highest BCUT2D eigenvalue weighted by molar-refractivity contribution is 7.12. The summed E-state index contributed by atoms with van der Waals surface area (Å²) in [7, 11) is 0. The topological polar surface area (TPSA) is 96.6 Å². The molecule has 0 atom stereocenters. The van der Waals surface area contributed by atoms with E-state index >= 15 is 0 Å². The number of nitro groups is 1. The van der Waals surface area contributed by atoms with Crippen LogP contribution in [-0.2, 0) is 4.79 Å². The third-order valence-corrected chi connectivity index (χ3v) is 4.00. The molecule has 0 aliphatic heterocycles. The first kappa shape index (κ1) is 16.6. The first-order valence-corrected chi connectivity index (χ1v) is 7.70. The second kappa shape index (κ2) is 7.50. The quantitative estimate of drug-likeness (QED) is 0.483. The standard InChI is InChI=1S/C15H16N4O3S/c1-10-4-3-5-12(6-10)16-8-15(20)18-17-11(2)14-7-13(9-23-14)19(21)22/h3-7,9,16H,8H2,1-2H3,(H,18,20). The molecule has 1 aromatic carbocycles. The number of amides is 1. The number of anilines is 1. The maximum atomic E-state index is 11.8. The van der Waals surface area contributed by atoms with Gasteiger partial charge >= 0.3 is 0 Å². The summed E-state index contributed by atoms with van der Waals surface area (Å²) in [6, 6.07) is 9.12. The van der Waals surface area contributed by atoms with Gasteiger partial charge in [-0.1, -0.05) is 12.1 Å². The number of rotatable bonds is 6. The summed E-state index contributed by atoms with van der Waals surface area (Å²) in [5.74, 6) is -0.295. The van der Waals surface area contributed by atoms with Gasteiger partial charge in [-0.2, -0.15) is 5.10 Å². The van der Waals surface area contributed by atoms with Gasteiger partial charge in [0.25, 0.3) is 11.6 Å². The Morgan fingerprint density at radius 2 is 2.17 bits per heavy atom. The molecule has 0 spiro atoms. The molecule has 0 bridgehead atoms. The van der Waals surface area contributed by atoms with Crippen LogP contribution < -0.4 is 10.7 Å². The maximum absolute atomic E-state index is 11.8. The number of hydrogen-bond acceptors (Lipinski definition) is 6. The van der Waals surface area contributed by atoms with Crippen molar-refractivity contribution >= 4 is 34.3 Å². The van der Waals surface area contributed by atoms with E-state index in [1.165, 1.54) is 22.8 Å². The van der Waals surface area contributed by atoms with E-state index in [-0.39, 0.29) is 18.1 Å². The first-order valence-electron chi connectivity index (χ1n) is 6.82. The molecular weight excluding hydrogens is 316 g/mol. The summed E-state index contributed by atoms with van der Waals surface area (Å²) < 4.78 is 0. The van der Waals surface area contributed by atoms with Gasteiger partial charge in [0, 0.05) is 11.8 Å². The van der Waals surface area contributed by atoms with Crippen molar-refractivity contribution < 1.29 is 9.72 Å². The summed E-state index contributed by atoms with van der Waals surface area (Å²) in [6.45, 7) is 3.74. The van der Waals surface area contributed by atoms with Crippen molar-refractivity contribution in [1.29, 1.82) is 0 Å². The Bertz CT molecular complexity index is 755. The van der Waals surface area contributed by atoms with Crippen molar-refractivity contribution in [1.82, 2.24) is 5.43 Å². The smallest absolute Gasteiger partial charge is 0.280 e. The van der Waals surface area contributed by atoms with Crippen molar-refractivity contribution in [3.63, 3.8) is 0 Å². The largest absolute Gasteiger partial charge is 0.376 e. The zero-order valence-corrected chi connectivity index (χ0v) is 13.5. The van der Waals surface area contributed by atoms with E-state index in [9.17, 15) is 14.9 Å². The van der Waals surface area contributed by atoms with Crippen molar-refractivity contribution in [2.45, 2.75) is 13.8 Å². The lowest BCUT2D eigenvalue weighted by Crippen LogP contribution is -2.26. The van der Waals surface area contributed by atoms with Gasteiger partial charge in [-0.3, -0.25) is 14.9 Å². The van der Waals surface area contributed by atoms with Crippen molar-refractivity contribution in [2.24, 2.45) is 5.10 Å². The fraction of sp³-hybridized carbons (Fsp3) is 0.200. The summed E-state index contributed by atoms with van der Waals surface area (Å²) in [5.41, 5.74) is 4.93. The molecule has 0 fully saturated rings. The summed E-state index contributed by atoms with van der Waals surface area (Å²) >= 11 is 1.21. The van der Waals surface area contributed by atoms with Gasteiger partial charge in [0.2, 0.25) is 0 Å². The second-order valence-electron chi connectivity index (χ2n) is 4.88. The lowest BCUT2D eigenvalue weighted by molar-refractivity contribution is -0.384. The molecule has 2 rings (SSSR count). The Morgan fingerprint density at radius 3 is 2.83 bits per heavy atom. The molecule has 120 valence electrons. The van der Waals surface area contributed by atoms with E-state index in [1.807, 2.05) is 31.2 Å². The molecule has 23 heavy (non-hydrogen) atoms. The van der Waals surface area contributed by atoms with Crippen LogP contribution in [-0.4, -0.2) is 23.1 Å². The van der Waals surface area contributed by atoms with Crippen molar-refractivity contribution in [3.8, 4) is 0 Å². The number of hydrazone groups is 1. The highest BCUT2D eigenvalue weighted by Gasteiger charge is 2.11. The summed E-state index contributed by atoms with van der Waals surface area (Å²) in [5, 5.41) is 19.0. The van der Waals surface area contributed by atoms with E-state index in [0.717, 1.165) is 11.3 Å². The minimum atomic E-state index is -0.461. The van der Waals surface area contributed by atoms with Crippen LogP contribution in [0.15, 0.2) is 40.8 Å². The van der Waals surface area contributed by atoms with Gasteiger partial charge in [0.15, 0.2) is 0 Å². The minimum Gasteiger partial charge on any atom is -0.376 e. The van der Waals surface area contributed by atoms with Gasteiger partial charge in [-0.05, 0) is 31.5 Å². The molecule has 0 saturated heterocycles. The van der Waals surface area contributed by atoms with Gasteiger partial charge < -0.3 is 5.32 Å². The number of nitrogens with one attached hydrogen (secondary N) is 2. The van der Waals surface area contributed by atoms with Crippen LogP contribution in [0.3, 0.4) is 0 Å². The fourth-order valence-corrected chi connectivity index (χ4v) is 2.60. The van der Waals surface area contributed by atoms with Crippen LogP contribution in [0.4, 0.5) is 11.4 Å². The monoisotopic (exact) mass is 332 g/mol. The number of aryl methyl sites for hydroxylation is 1. The number of thiophene rings is 1. The van der Waals surface area contributed by atoms with Gasteiger partial charge in [0.05, 0.1) is 27.4 Å². The summed E-state index contributed by atoms with van der Waals surface area (Å²) in [6.07, 6.45) is 0. The van der Waals surface area contributed by atoms with Crippen LogP contribution in [0.5, 0.6) is 0 Å². The van der Waals surface area contributed by atoms with Crippen LogP contribution in [0.2, 0.25) is 0 Å². The summed E-state index contributed by atoms with van der Waals surface area (Å²) in [4.78, 5) is 22.6. The molecule has 0 aliphatic carbocycles. The van der Waals surface area contributed by atoms with Crippen LogP contribution in [0.1, 0.15) is 17.4 Å². The van der Waals surface area contributed by atoms with Gasteiger partial charge in [0.1, 0.15) is 0 Å². The molecule has 8 heteroatoms. The molecule has 1 heterocycles. The number of nitrogens with zero attached hydrogens (tertiary/aromatic N) is 2. The Kier molecular flexibility index (Phi) is 5.42. The fourth-order valence-electron chi connectivity index (χ4n) is 1.79. The predicted octanol–water partition coefficient (Wildman–Crippen LogP) is 2.92. The average Bonchev–Trinajstić information content (AvgIpc) is 3.01. The SMILES string of the molecule is CC(=NNC(=O)CNc1cccc(C)c1)c1cc([N+](=O)[O-])cs1. The normalized spacial score (nSPS) is 11.1. The Balaban J connectivity index is 1.88. The molecule has 0 radical (unpaired) electrons. The minimum absolute atomic E-state index is 0.0204. The lowest BCUT2D eigenvalue weighted by Gasteiger charge is -2.06. The molecule has 0 unspecified atom stereocenters. The van der Waals surface area contributed by atoms with Crippen LogP contribution >= 0.6 is 11.3 Å². The highest BCUT2D eigenvalue weighted by Crippen LogP contribution is 2.21. The van der Waals surface area contributed by atoms with E-state index in [0.29, 0.717) is 10.6 Å². The van der Waals surface area contributed by atoms with E-state index in [2.05, 4.69) is 15.8 Å². The lowest BCUT2D eigenvalue weighted by atomic mass is 10.2. The number of carbonyl (C=O) groups is 1. The molecule has 1 amide bonds. The Labute approximate surface area is 137 Å². The van der Waals surface area contributed by atoms with Gasteiger partial charge in [-0.25, -0.2) is 5.43 Å². The second-order valence-corrected chi connectivity index (χ2v) is 5.79. The molecule has 2 aromatic rings. The molecule has 0 aliphatic rings. The van der Waals surface area contributed by atoms with E-state index < -0.39 is 4.92 Å². The molecule has 0 saturated carbocycles. The third kappa shape index (κ3) is 4.89. The predicted molar refractivity (Wildman–Crippen MR) is 91.0 cm³/mol. The van der Waals surface area contributed by atoms with Crippen LogP contribution in [0.25, 0.3) is 0 Å². The first-order chi connectivity index (χ1) is 11.0. The number of carbonyl (C=O) groups excluding carboxylic acids is 1.